The summed E-state index contributed by atoms with van der Waals surface area (Å²) in [5.41, 5.74) is 1.09. The zero-order valence-corrected chi connectivity index (χ0v) is 15.5. The Hall–Kier alpha value is -1.29. The number of thioether (sulfide) groups is 1. The van der Waals surface area contributed by atoms with E-state index >= 15 is 0 Å². The van der Waals surface area contributed by atoms with Crippen LogP contribution in [0, 0.1) is 0 Å². The Balaban J connectivity index is 2.58. The predicted molar refractivity (Wildman–Crippen MR) is 98.9 cm³/mol. The Morgan fingerprint density at radius 2 is 1.64 bits per heavy atom. The van der Waals surface area contributed by atoms with Crippen molar-refractivity contribution in [3.8, 4) is 0 Å². The zero-order valence-electron chi connectivity index (χ0n) is 14.7. The van der Waals surface area contributed by atoms with Gasteiger partial charge in [-0.3, -0.25) is 4.99 Å². The molecular weight excluding hydrogens is 290 g/mol. The summed E-state index contributed by atoms with van der Waals surface area (Å²) in [7, 11) is 0. The second-order valence-electron chi connectivity index (χ2n) is 7.59. The van der Waals surface area contributed by atoms with Crippen molar-refractivity contribution >= 4 is 22.8 Å². The average Bonchev–Trinajstić information content (AvgIpc) is 2.76. The summed E-state index contributed by atoms with van der Waals surface area (Å²) in [6, 6.07) is 10.6. The first-order chi connectivity index (χ1) is 10.1. The van der Waals surface area contributed by atoms with Crippen LogP contribution in [0.4, 0.5) is 0 Å². The van der Waals surface area contributed by atoms with Crippen LogP contribution in [0.25, 0.3) is 0 Å². The molecule has 0 bridgehead atoms. The first kappa shape index (κ1) is 17.1. The summed E-state index contributed by atoms with van der Waals surface area (Å²) < 4.78 is 0. The predicted octanol–water partition coefficient (Wildman–Crippen LogP) is 4.76. The van der Waals surface area contributed by atoms with Crippen LogP contribution in [0.15, 0.2) is 40.3 Å². The summed E-state index contributed by atoms with van der Waals surface area (Å²) in [6.45, 7) is 13.1. The maximum Gasteiger partial charge on any atom is 0.166 e. The van der Waals surface area contributed by atoms with E-state index in [-0.39, 0.29) is 17.1 Å². The standard InChI is InChI=1S/C18H27N3S/c1-17(2,3)20-15-14(13-11-9-8-10-12-13)21(18(4,5)6)16(19-15)22-7/h8-12,14H,1-7H3. The first-order valence-corrected chi connectivity index (χ1v) is 8.92. The molecule has 120 valence electrons. The van der Waals surface area contributed by atoms with Gasteiger partial charge in [0.1, 0.15) is 6.04 Å². The molecule has 22 heavy (non-hydrogen) atoms. The van der Waals surface area contributed by atoms with Crippen molar-refractivity contribution in [2.45, 2.75) is 58.7 Å². The number of hydrogen-bond acceptors (Lipinski definition) is 3. The largest absolute Gasteiger partial charge is 0.332 e. The van der Waals surface area contributed by atoms with E-state index in [1.165, 1.54) is 5.56 Å². The molecule has 0 aliphatic carbocycles. The van der Waals surface area contributed by atoms with Crippen LogP contribution in [0.2, 0.25) is 0 Å². The van der Waals surface area contributed by atoms with Gasteiger partial charge in [0.25, 0.3) is 0 Å². The fourth-order valence-electron chi connectivity index (χ4n) is 2.62. The lowest BCUT2D eigenvalue weighted by Crippen LogP contribution is -2.45. The third kappa shape index (κ3) is 3.72. The van der Waals surface area contributed by atoms with Gasteiger partial charge in [-0.25, -0.2) is 4.99 Å². The normalized spacial score (nSPS) is 21.4. The molecule has 1 aliphatic heterocycles. The van der Waals surface area contributed by atoms with Crippen molar-refractivity contribution in [3.63, 3.8) is 0 Å². The van der Waals surface area contributed by atoms with Crippen molar-refractivity contribution in [1.82, 2.24) is 4.90 Å². The van der Waals surface area contributed by atoms with E-state index in [0.717, 1.165) is 11.0 Å². The highest BCUT2D eigenvalue weighted by Crippen LogP contribution is 2.38. The van der Waals surface area contributed by atoms with E-state index in [9.17, 15) is 0 Å². The number of rotatable bonds is 1. The summed E-state index contributed by atoms with van der Waals surface area (Å²) in [5, 5.41) is 1.05. The van der Waals surface area contributed by atoms with Gasteiger partial charge in [0.05, 0.1) is 5.54 Å². The molecule has 0 N–H and O–H groups in total. The van der Waals surface area contributed by atoms with E-state index in [2.05, 4.69) is 83.0 Å². The average molecular weight is 318 g/mol. The lowest BCUT2D eigenvalue weighted by molar-refractivity contribution is 0.224. The van der Waals surface area contributed by atoms with Gasteiger partial charge >= 0.3 is 0 Å². The van der Waals surface area contributed by atoms with Crippen molar-refractivity contribution in [1.29, 1.82) is 0 Å². The SMILES string of the molecule is CSC1=NC(=NC(C)(C)C)C(c2ccccc2)N1C(C)(C)C. The van der Waals surface area contributed by atoms with Crippen molar-refractivity contribution < 1.29 is 0 Å². The van der Waals surface area contributed by atoms with Crippen LogP contribution in [0.1, 0.15) is 53.1 Å². The monoisotopic (exact) mass is 317 g/mol. The highest BCUT2D eigenvalue weighted by Gasteiger charge is 2.40. The highest BCUT2D eigenvalue weighted by atomic mass is 32.2. The van der Waals surface area contributed by atoms with Gasteiger partial charge in [-0.15, -0.1) is 0 Å². The molecule has 0 spiro atoms. The van der Waals surface area contributed by atoms with Crippen LogP contribution < -0.4 is 0 Å². The molecule has 1 aliphatic rings. The summed E-state index contributed by atoms with van der Waals surface area (Å²) in [6.07, 6.45) is 2.08. The Bertz CT molecular complexity index is 577. The van der Waals surface area contributed by atoms with Crippen molar-refractivity contribution in [2.24, 2.45) is 9.98 Å². The molecular formula is C18H27N3S. The Morgan fingerprint density at radius 3 is 2.09 bits per heavy atom. The van der Waals surface area contributed by atoms with Gasteiger partial charge in [-0.1, -0.05) is 42.1 Å². The van der Waals surface area contributed by atoms with E-state index in [1.54, 1.807) is 11.8 Å². The summed E-state index contributed by atoms with van der Waals surface area (Å²) in [5.74, 6) is 0.915. The van der Waals surface area contributed by atoms with E-state index < -0.39 is 0 Å². The fraction of sp³-hybridized carbons (Fsp3) is 0.556. The number of nitrogens with zero attached hydrogens (tertiary/aromatic N) is 3. The van der Waals surface area contributed by atoms with Gasteiger partial charge in [0.2, 0.25) is 0 Å². The van der Waals surface area contributed by atoms with Gasteiger partial charge < -0.3 is 4.90 Å². The van der Waals surface area contributed by atoms with E-state index in [1.807, 2.05) is 0 Å². The first-order valence-electron chi connectivity index (χ1n) is 7.70. The number of aliphatic imine (C=N–C) groups is 2. The van der Waals surface area contributed by atoms with E-state index in [4.69, 9.17) is 9.98 Å². The maximum absolute atomic E-state index is 4.90. The molecule has 0 amide bonds. The highest BCUT2D eigenvalue weighted by molar-refractivity contribution is 8.13. The van der Waals surface area contributed by atoms with Gasteiger partial charge in [0.15, 0.2) is 11.0 Å². The molecule has 1 unspecified atom stereocenters. The minimum absolute atomic E-state index is 0.0164. The lowest BCUT2D eigenvalue weighted by Gasteiger charge is -2.39. The van der Waals surface area contributed by atoms with E-state index in [0.29, 0.717) is 0 Å². The molecule has 0 saturated heterocycles. The van der Waals surface area contributed by atoms with Crippen LogP contribution >= 0.6 is 11.8 Å². The molecule has 2 rings (SSSR count). The number of amidine groups is 2. The van der Waals surface area contributed by atoms with Crippen LogP contribution in [0.3, 0.4) is 0 Å². The topological polar surface area (TPSA) is 28.0 Å². The second kappa shape index (κ2) is 6.07. The van der Waals surface area contributed by atoms with Crippen LogP contribution in [-0.4, -0.2) is 33.2 Å². The Morgan fingerprint density at radius 1 is 1.05 bits per heavy atom. The third-order valence-corrected chi connectivity index (χ3v) is 4.04. The van der Waals surface area contributed by atoms with Crippen LogP contribution in [0.5, 0.6) is 0 Å². The molecule has 4 heteroatoms. The molecule has 1 heterocycles. The minimum atomic E-state index is -0.136. The van der Waals surface area contributed by atoms with Gasteiger partial charge in [-0.2, -0.15) is 0 Å². The van der Waals surface area contributed by atoms with Crippen LogP contribution in [-0.2, 0) is 0 Å². The van der Waals surface area contributed by atoms with Crippen molar-refractivity contribution in [2.75, 3.05) is 6.26 Å². The number of hydrogen-bond donors (Lipinski definition) is 0. The zero-order chi connectivity index (χ0) is 16.5. The van der Waals surface area contributed by atoms with Gasteiger partial charge in [0, 0.05) is 5.54 Å². The Labute approximate surface area is 138 Å². The summed E-state index contributed by atoms with van der Waals surface area (Å²) >= 11 is 1.69. The summed E-state index contributed by atoms with van der Waals surface area (Å²) in [4.78, 5) is 12.1. The molecule has 3 nitrogen and oxygen atoms in total. The molecule has 0 aromatic heterocycles. The molecule has 1 aromatic rings. The third-order valence-electron chi connectivity index (χ3n) is 3.39. The molecule has 0 radical (unpaired) electrons. The minimum Gasteiger partial charge on any atom is -0.332 e. The molecule has 0 saturated carbocycles. The maximum atomic E-state index is 4.90. The molecule has 1 atom stereocenters. The van der Waals surface area contributed by atoms with Gasteiger partial charge in [-0.05, 0) is 53.4 Å². The fourth-order valence-corrected chi connectivity index (χ4v) is 3.38. The smallest absolute Gasteiger partial charge is 0.166 e. The molecule has 1 aromatic carbocycles. The lowest BCUT2D eigenvalue weighted by atomic mass is 9.98. The second-order valence-corrected chi connectivity index (χ2v) is 8.37. The quantitative estimate of drug-likeness (QED) is 0.747. The van der Waals surface area contributed by atoms with Crippen molar-refractivity contribution in [3.05, 3.63) is 35.9 Å². The number of benzene rings is 1. The molecule has 0 fully saturated rings. The Kier molecular flexibility index (Phi) is 4.71.